The van der Waals surface area contributed by atoms with Crippen molar-refractivity contribution >= 4 is 23.2 Å². The summed E-state index contributed by atoms with van der Waals surface area (Å²) < 4.78 is 16.3. The summed E-state index contributed by atoms with van der Waals surface area (Å²) in [6.07, 6.45) is 9.70. The molecular formula is C24H38N2O2S+2. The van der Waals surface area contributed by atoms with Crippen LogP contribution in [-0.4, -0.2) is 73.2 Å². The molecule has 0 amide bonds. The molecule has 0 aromatic heterocycles. The molecular weight excluding hydrogens is 380 g/mol. The minimum absolute atomic E-state index is 0.326. The molecule has 0 unspecified atom stereocenters. The average Bonchev–Trinajstić information content (AvgIpc) is 2.67. The third-order valence-corrected chi connectivity index (χ3v) is 7.43. The van der Waals surface area contributed by atoms with E-state index in [0.717, 1.165) is 52.6 Å². The Morgan fingerprint density at radius 3 is 1.41 bits per heavy atom. The van der Waals surface area contributed by atoms with Crippen LogP contribution >= 0.6 is 11.8 Å². The molecule has 4 aliphatic rings. The lowest BCUT2D eigenvalue weighted by Gasteiger charge is -2.33. The van der Waals surface area contributed by atoms with Crippen LogP contribution in [0.5, 0.6) is 0 Å². The van der Waals surface area contributed by atoms with Crippen LogP contribution in [0.1, 0.15) is 53.4 Å². The fourth-order valence-electron chi connectivity index (χ4n) is 5.03. The summed E-state index contributed by atoms with van der Waals surface area (Å²) in [6, 6.07) is 0. The summed E-state index contributed by atoms with van der Waals surface area (Å²) in [5.74, 6) is 0. The van der Waals surface area contributed by atoms with Gasteiger partial charge in [-0.2, -0.15) is 0 Å². The van der Waals surface area contributed by atoms with Crippen molar-refractivity contribution in [2.75, 3.05) is 52.6 Å². The van der Waals surface area contributed by atoms with Crippen molar-refractivity contribution in [3.8, 4) is 0 Å². The van der Waals surface area contributed by atoms with Gasteiger partial charge in [0.25, 0.3) is 0 Å². The van der Waals surface area contributed by atoms with Crippen LogP contribution in [0.25, 0.3) is 0 Å². The van der Waals surface area contributed by atoms with Crippen molar-refractivity contribution in [3.63, 3.8) is 0 Å². The molecule has 2 aliphatic carbocycles. The average molecular weight is 419 g/mol. The van der Waals surface area contributed by atoms with Gasteiger partial charge in [0.2, 0.25) is 0 Å². The zero-order valence-electron chi connectivity index (χ0n) is 18.8. The fourth-order valence-corrected chi connectivity index (χ4v) is 6.68. The molecule has 29 heavy (non-hydrogen) atoms. The second-order valence-corrected chi connectivity index (χ2v) is 11.8. The summed E-state index contributed by atoms with van der Waals surface area (Å²) >= 11 is 2.05. The Labute approximate surface area is 180 Å². The molecule has 0 bridgehead atoms. The monoisotopic (exact) mass is 418 g/mol. The van der Waals surface area contributed by atoms with Gasteiger partial charge < -0.3 is 9.47 Å². The second-order valence-electron chi connectivity index (χ2n) is 10.5. The minimum Gasteiger partial charge on any atom is -0.368 e. The molecule has 0 atom stereocenters. The number of ether oxygens (including phenoxy) is 2. The predicted molar refractivity (Wildman–Crippen MR) is 121 cm³/mol. The standard InChI is InChI=1S/C24H38N2O2S/c1-23(2)15-19(25-5-9-27-10-6-25)13-21(17-23)29-22-14-20(16-24(3,4)18-22)26-7-11-28-12-8-26/h13-14H,5-12,15-18H2,1-4H3/q+2. The molecule has 0 radical (unpaired) electrons. The van der Waals surface area contributed by atoms with E-state index in [0.29, 0.717) is 10.8 Å². The lowest BCUT2D eigenvalue weighted by Crippen LogP contribution is -2.36. The normalized spacial score (nSPS) is 27.6. The van der Waals surface area contributed by atoms with Crippen LogP contribution in [-0.2, 0) is 9.47 Å². The quantitative estimate of drug-likeness (QED) is 0.631. The first-order valence-electron chi connectivity index (χ1n) is 11.3. The van der Waals surface area contributed by atoms with E-state index in [2.05, 4.69) is 49.0 Å². The summed E-state index contributed by atoms with van der Waals surface area (Å²) in [5.41, 5.74) is 3.68. The molecule has 2 heterocycles. The SMILES string of the molecule is CC1(C)CC(SC2=CC(=[N+]3CCOCC3)CC(C)(C)C2)=CC(=[N+]2CCOCC2)C1. The number of hydrogen-bond acceptors (Lipinski definition) is 3. The van der Waals surface area contributed by atoms with E-state index in [1.54, 1.807) is 0 Å². The molecule has 0 spiro atoms. The molecule has 4 rings (SSSR count). The zero-order chi connectivity index (χ0) is 20.5. The van der Waals surface area contributed by atoms with Crippen molar-refractivity contribution < 1.29 is 18.6 Å². The van der Waals surface area contributed by atoms with Gasteiger partial charge in [0.05, 0.1) is 0 Å². The highest BCUT2D eigenvalue weighted by atomic mass is 32.2. The smallest absolute Gasteiger partial charge is 0.177 e. The molecule has 2 saturated heterocycles. The van der Waals surface area contributed by atoms with Gasteiger partial charge >= 0.3 is 0 Å². The number of hydrogen-bond donors (Lipinski definition) is 0. The van der Waals surface area contributed by atoms with Crippen LogP contribution < -0.4 is 0 Å². The van der Waals surface area contributed by atoms with Gasteiger partial charge in [0.1, 0.15) is 26.4 Å². The van der Waals surface area contributed by atoms with Crippen molar-refractivity contribution in [1.29, 1.82) is 0 Å². The van der Waals surface area contributed by atoms with E-state index >= 15 is 0 Å². The number of allylic oxidation sites excluding steroid dienone is 4. The first-order valence-corrected chi connectivity index (χ1v) is 12.1. The van der Waals surface area contributed by atoms with E-state index in [9.17, 15) is 0 Å². The lowest BCUT2D eigenvalue weighted by molar-refractivity contribution is -0.550. The summed E-state index contributed by atoms with van der Waals surface area (Å²) in [5, 5.41) is 0. The van der Waals surface area contributed by atoms with Gasteiger partial charge in [-0.1, -0.05) is 39.5 Å². The van der Waals surface area contributed by atoms with Crippen LogP contribution in [0.4, 0.5) is 0 Å². The van der Waals surface area contributed by atoms with Gasteiger partial charge in [-0.25, -0.2) is 9.15 Å². The van der Waals surface area contributed by atoms with E-state index in [-0.39, 0.29) is 0 Å². The maximum Gasteiger partial charge on any atom is 0.177 e. The lowest BCUT2D eigenvalue weighted by atomic mass is 9.79. The highest BCUT2D eigenvalue weighted by molar-refractivity contribution is 8.06. The van der Waals surface area contributed by atoms with Crippen LogP contribution in [0.2, 0.25) is 0 Å². The largest absolute Gasteiger partial charge is 0.368 e. The van der Waals surface area contributed by atoms with Gasteiger partial charge in [-0.3, -0.25) is 0 Å². The van der Waals surface area contributed by atoms with Gasteiger partial charge in [-0.15, -0.1) is 0 Å². The maximum atomic E-state index is 5.58. The number of thioether (sulfide) groups is 1. The van der Waals surface area contributed by atoms with Crippen molar-refractivity contribution in [1.82, 2.24) is 0 Å². The fraction of sp³-hybridized carbons (Fsp3) is 0.750. The van der Waals surface area contributed by atoms with Gasteiger partial charge in [0, 0.05) is 25.0 Å². The summed E-state index contributed by atoms with van der Waals surface area (Å²) in [6.45, 7) is 17.3. The van der Waals surface area contributed by atoms with Gasteiger partial charge in [-0.05, 0) is 33.5 Å². The Hall–Kier alpha value is -0.910. The summed E-state index contributed by atoms with van der Waals surface area (Å²) in [4.78, 5) is 3.07. The Kier molecular flexibility index (Phi) is 6.38. The van der Waals surface area contributed by atoms with Crippen LogP contribution in [0.15, 0.2) is 22.0 Å². The zero-order valence-corrected chi connectivity index (χ0v) is 19.6. The van der Waals surface area contributed by atoms with E-state index in [4.69, 9.17) is 9.47 Å². The molecule has 0 N–H and O–H groups in total. The Bertz CT molecular complexity index is 694. The van der Waals surface area contributed by atoms with Gasteiger partial charge in [0.15, 0.2) is 37.6 Å². The van der Waals surface area contributed by atoms with Crippen LogP contribution in [0, 0.1) is 10.8 Å². The summed E-state index contributed by atoms with van der Waals surface area (Å²) in [7, 11) is 0. The van der Waals surface area contributed by atoms with Crippen molar-refractivity contribution in [2.24, 2.45) is 10.8 Å². The first kappa shape index (κ1) is 21.3. The molecule has 0 aromatic rings. The molecule has 0 aromatic carbocycles. The maximum absolute atomic E-state index is 5.58. The second kappa shape index (κ2) is 8.68. The Morgan fingerprint density at radius 2 is 1.03 bits per heavy atom. The third-order valence-electron chi connectivity index (χ3n) is 6.38. The number of rotatable bonds is 2. The first-order chi connectivity index (χ1) is 13.8. The van der Waals surface area contributed by atoms with E-state index in [1.165, 1.54) is 46.9 Å². The molecule has 0 saturated carbocycles. The van der Waals surface area contributed by atoms with Crippen molar-refractivity contribution in [3.05, 3.63) is 22.0 Å². The highest BCUT2D eigenvalue weighted by Gasteiger charge is 2.35. The number of nitrogens with zero attached hydrogens (tertiary/aromatic N) is 2. The number of morpholine rings is 2. The molecule has 2 fully saturated rings. The molecule has 2 aliphatic heterocycles. The molecule has 4 nitrogen and oxygen atoms in total. The van der Waals surface area contributed by atoms with E-state index in [1.807, 2.05) is 11.8 Å². The van der Waals surface area contributed by atoms with Crippen molar-refractivity contribution in [2.45, 2.75) is 53.4 Å². The Balaban J connectivity index is 1.60. The predicted octanol–water partition coefficient (Wildman–Crippen LogP) is 4.09. The molecule has 5 heteroatoms. The van der Waals surface area contributed by atoms with Crippen LogP contribution in [0.3, 0.4) is 0 Å². The minimum atomic E-state index is 0.326. The topological polar surface area (TPSA) is 24.5 Å². The molecule has 160 valence electrons. The third kappa shape index (κ3) is 5.62. The van der Waals surface area contributed by atoms with E-state index < -0.39 is 0 Å². The highest BCUT2D eigenvalue weighted by Crippen LogP contribution is 2.46. The Morgan fingerprint density at radius 1 is 0.655 bits per heavy atom.